The zero-order valence-corrected chi connectivity index (χ0v) is 15.2. The predicted octanol–water partition coefficient (Wildman–Crippen LogP) is 3.83. The predicted molar refractivity (Wildman–Crippen MR) is 107 cm³/mol. The molecular weight excluding hydrogens is 336 g/mol. The fraction of sp³-hybridized carbons (Fsp3) is 0.217. The van der Waals surface area contributed by atoms with Crippen molar-refractivity contribution in [3.63, 3.8) is 0 Å². The van der Waals surface area contributed by atoms with Gasteiger partial charge in [0.2, 0.25) is 0 Å². The van der Waals surface area contributed by atoms with Crippen LogP contribution in [0.15, 0.2) is 72.8 Å². The molecule has 0 aromatic heterocycles. The Morgan fingerprint density at radius 1 is 0.593 bits per heavy atom. The van der Waals surface area contributed by atoms with E-state index in [-0.39, 0.29) is 11.8 Å². The molecule has 0 unspecified atom stereocenters. The molecule has 1 saturated heterocycles. The number of carbonyl (C=O) groups is 2. The van der Waals surface area contributed by atoms with Crippen molar-refractivity contribution in [2.24, 2.45) is 0 Å². The van der Waals surface area contributed by atoms with Crippen LogP contribution in [0.3, 0.4) is 0 Å². The molecule has 27 heavy (non-hydrogen) atoms. The molecule has 2 amide bonds. The minimum atomic E-state index is 0.0368. The Morgan fingerprint density at radius 3 is 1.89 bits per heavy atom. The number of amides is 2. The van der Waals surface area contributed by atoms with Crippen LogP contribution in [0.2, 0.25) is 0 Å². The summed E-state index contributed by atoms with van der Waals surface area (Å²) in [5, 5.41) is 2.20. The molecule has 0 saturated carbocycles. The van der Waals surface area contributed by atoms with Crippen molar-refractivity contribution in [1.29, 1.82) is 0 Å². The van der Waals surface area contributed by atoms with E-state index in [4.69, 9.17) is 0 Å². The van der Waals surface area contributed by atoms with Crippen LogP contribution in [0.25, 0.3) is 10.8 Å². The van der Waals surface area contributed by atoms with Crippen LogP contribution in [0.4, 0.5) is 0 Å². The van der Waals surface area contributed by atoms with Crippen LogP contribution < -0.4 is 0 Å². The number of hydrogen-bond acceptors (Lipinski definition) is 2. The summed E-state index contributed by atoms with van der Waals surface area (Å²) in [4.78, 5) is 29.3. The molecule has 0 N–H and O–H groups in total. The molecular formula is C23H22N2O2. The molecule has 0 bridgehead atoms. The van der Waals surface area contributed by atoms with Crippen molar-refractivity contribution in [3.8, 4) is 0 Å². The van der Waals surface area contributed by atoms with Gasteiger partial charge in [-0.2, -0.15) is 0 Å². The van der Waals surface area contributed by atoms with Gasteiger partial charge in [0.15, 0.2) is 0 Å². The Hall–Kier alpha value is -3.14. The number of benzene rings is 3. The molecule has 0 radical (unpaired) electrons. The van der Waals surface area contributed by atoms with Gasteiger partial charge in [-0.1, -0.05) is 48.5 Å². The number of nitrogens with zero attached hydrogens (tertiary/aromatic N) is 2. The van der Waals surface area contributed by atoms with Crippen LogP contribution in [-0.4, -0.2) is 47.8 Å². The van der Waals surface area contributed by atoms with E-state index in [2.05, 4.69) is 0 Å². The Kier molecular flexibility index (Phi) is 4.88. The number of rotatable bonds is 2. The van der Waals surface area contributed by atoms with Gasteiger partial charge in [0.1, 0.15) is 0 Å². The van der Waals surface area contributed by atoms with E-state index in [9.17, 15) is 9.59 Å². The first-order valence-electron chi connectivity index (χ1n) is 9.35. The van der Waals surface area contributed by atoms with Crippen molar-refractivity contribution in [2.75, 3.05) is 26.2 Å². The molecule has 3 aromatic rings. The van der Waals surface area contributed by atoms with Gasteiger partial charge in [-0.05, 0) is 41.5 Å². The lowest BCUT2D eigenvalue weighted by atomic mass is 10.1. The third-order valence-corrected chi connectivity index (χ3v) is 5.09. The molecule has 1 aliphatic heterocycles. The molecule has 0 aliphatic carbocycles. The third kappa shape index (κ3) is 3.70. The lowest BCUT2D eigenvalue weighted by Crippen LogP contribution is -2.37. The summed E-state index contributed by atoms with van der Waals surface area (Å²) in [5.41, 5.74) is 1.41. The lowest BCUT2D eigenvalue weighted by Gasteiger charge is -2.22. The smallest absolute Gasteiger partial charge is 0.253 e. The van der Waals surface area contributed by atoms with Crippen molar-refractivity contribution in [3.05, 3.63) is 83.9 Å². The summed E-state index contributed by atoms with van der Waals surface area (Å²) >= 11 is 0. The molecule has 0 spiro atoms. The van der Waals surface area contributed by atoms with Crippen molar-refractivity contribution in [1.82, 2.24) is 9.80 Å². The van der Waals surface area contributed by atoms with Gasteiger partial charge in [0, 0.05) is 37.3 Å². The number of fused-ring (bicyclic) bond motifs is 1. The Morgan fingerprint density at radius 2 is 1.19 bits per heavy atom. The maximum atomic E-state index is 13.0. The van der Waals surface area contributed by atoms with Gasteiger partial charge in [-0.25, -0.2) is 0 Å². The van der Waals surface area contributed by atoms with E-state index < -0.39 is 0 Å². The highest BCUT2D eigenvalue weighted by molar-refractivity contribution is 5.99. The molecule has 1 fully saturated rings. The zero-order chi connectivity index (χ0) is 18.6. The molecule has 1 heterocycles. The molecule has 136 valence electrons. The molecule has 4 rings (SSSR count). The fourth-order valence-electron chi connectivity index (χ4n) is 3.59. The number of carbonyl (C=O) groups excluding carboxylic acids is 2. The maximum Gasteiger partial charge on any atom is 0.253 e. The van der Waals surface area contributed by atoms with Crippen molar-refractivity contribution < 1.29 is 9.59 Å². The highest BCUT2D eigenvalue weighted by Crippen LogP contribution is 2.18. The van der Waals surface area contributed by atoms with Gasteiger partial charge in [-0.3, -0.25) is 9.59 Å². The van der Waals surface area contributed by atoms with Crippen LogP contribution in [0, 0.1) is 0 Å². The molecule has 1 aliphatic rings. The van der Waals surface area contributed by atoms with Gasteiger partial charge >= 0.3 is 0 Å². The summed E-state index contributed by atoms with van der Waals surface area (Å²) in [6.45, 7) is 2.47. The van der Waals surface area contributed by atoms with E-state index in [1.54, 1.807) is 0 Å². The molecule has 0 atom stereocenters. The van der Waals surface area contributed by atoms with Crippen LogP contribution in [0.1, 0.15) is 27.1 Å². The van der Waals surface area contributed by atoms with E-state index in [1.807, 2.05) is 82.6 Å². The normalized spacial score (nSPS) is 14.8. The summed E-state index contributed by atoms with van der Waals surface area (Å²) in [5.74, 6) is 0.0744. The van der Waals surface area contributed by atoms with Gasteiger partial charge < -0.3 is 9.80 Å². The Bertz CT molecular complexity index is 968. The summed E-state index contributed by atoms with van der Waals surface area (Å²) in [6.07, 6.45) is 0.790. The molecule has 4 nitrogen and oxygen atoms in total. The van der Waals surface area contributed by atoms with Gasteiger partial charge in [-0.15, -0.1) is 0 Å². The second-order valence-electron chi connectivity index (χ2n) is 6.87. The topological polar surface area (TPSA) is 40.6 Å². The van der Waals surface area contributed by atoms with Crippen LogP contribution in [-0.2, 0) is 0 Å². The summed E-state index contributed by atoms with van der Waals surface area (Å²) in [6, 6.07) is 23.2. The number of hydrogen-bond donors (Lipinski definition) is 0. The van der Waals surface area contributed by atoms with E-state index >= 15 is 0 Å². The van der Waals surface area contributed by atoms with Crippen molar-refractivity contribution in [2.45, 2.75) is 6.42 Å². The largest absolute Gasteiger partial charge is 0.337 e. The average molecular weight is 358 g/mol. The first kappa shape index (κ1) is 17.3. The van der Waals surface area contributed by atoms with Gasteiger partial charge in [0.05, 0.1) is 0 Å². The highest BCUT2D eigenvalue weighted by Gasteiger charge is 2.23. The third-order valence-electron chi connectivity index (χ3n) is 5.09. The quantitative estimate of drug-likeness (QED) is 0.699. The fourth-order valence-corrected chi connectivity index (χ4v) is 3.59. The van der Waals surface area contributed by atoms with Gasteiger partial charge in [0.25, 0.3) is 11.8 Å². The van der Waals surface area contributed by atoms with Crippen molar-refractivity contribution >= 4 is 22.6 Å². The first-order chi connectivity index (χ1) is 13.2. The first-order valence-corrected chi connectivity index (χ1v) is 9.35. The Balaban J connectivity index is 1.47. The zero-order valence-electron chi connectivity index (χ0n) is 15.2. The summed E-state index contributed by atoms with van der Waals surface area (Å²) < 4.78 is 0. The van der Waals surface area contributed by atoms with E-state index in [0.717, 1.165) is 17.2 Å². The standard InChI is InChI=1S/C23H22N2O2/c26-22(19-8-2-1-3-9-19)24-13-6-14-25(16-15-24)23(27)21-12-11-18-7-4-5-10-20(18)17-21/h1-5,7-12,17H,6,13-16H2. The molecule has 4 heteroatoms. The van der Waals surface area contributed by atoms with Crippen LogP contribution >= 0.6 is 0 Å². The lowest BCUT2D eigenvalue weighted by molar-refractivity contribution is 0.0719. The van der Waals surface area contributed by atoms with E-state index in [0.29, 0.717) is 37.3 Å². The summed E-state index contributed by atoms with van der Waals surface area (Å²) in [7, 11) is 0. The maximum absolute atomic E-state index is 13.0. The SMILES string of the molecule is O=C(c1ccccc1)N1CCCN(C(=O)c2ccc3ccccc3c2)CC1. The molecule has 3 aromatic carbocycles. The van der Waals surface area contributed by atoms with E-state index in [1.165, 1.54) is 0 Å². The monoisotopic (exact) mass is 358 g/mol. The van der Waals surface area contributed by atoms with Crippen LogP contribution in [0.5, 0.6) is 0 Å². The minimum Gasteiger partial charge on any atom is -0.337 e. The second-order valence-corrected chi connectivity index (χ2v) is 6.87. The Labute approximate surface area is 159 Å². The highest BCUT2D eigenvalue weighted by atomic mass is 16.2. The second kappa shape index (κ2) is 7.62. The average Bonchev–Trinajstić information content (AvgIpc) is 2.99. The minimum absolute atomic E-state index is 0.0368.